The van der Waals surface area contributed by atoms with Gasteiger partial charge < -0.3 is 25.7 Å². The summed E-state index contributed by atoms with van der Waals surface area (Å²) in [7, 11) is -4.99. The molecule has 11 nitrogen and oxygen atoms in total. The van der Waals surface area contributed by atoms with E-state index in [-0.39, 0.29) is 6.15 Å². The SMILES string of the molecule is N.O=C(O)CCC(=O)OS(=O)(=O)C(CC(=O)O)C(=O)O. The second kappa shape index (κ2) is 8.06. The Balaban J connectivity index is 0. The van der Waals surface area contributed by atoms with Crippen LogP contribution in [0.1, 0.15) is 19.3 Å². The molecule has 0 aromatic heterocycles. The zero-order valence-electron chi connectivity index (χ0n) is 10.0. The van der Waals surface area contributed by atoms with Gasteiger partial charge in [-0.1, -0.05) is 0 Å². The fourth-order valence-corrected chi connectivity index (χ4v) is 1.96. The molecule has 20 heavy (non-hydrogen) atoms. The highest BCUT2D eigenvalue weighted by Gasteiger charge is 2.38. The number of rotatable bonds is 8. The Morgan fingerprint density at radius 2 is 1.45 bits per heavy atom. The highest BCUT2D eigenvalue weighted by atomic mass is 32.2. The third-order valence-electron chi connectivity index (χ3n) is 1.74. The summed E-state index contributed by atoms with van der Waals surface area (Å²) in [5.41, 5.74) is 0. The number of carboxylic acids is 3. The second-order valence-corrected chi connectivity index (χ2v) is 4.99. The Labute approximate surface area is 112 Å². The van der Waals surface area contributed by atoms with Gasteiger partial charge in [0.05, 0.1) is 19.3 Å². The lowest BCUT2D eigenvalue weighted by molar-refractivity contribution is -0.144. The van der Waals surface area contributed by atoms with Crippen LogP contribution < -0.4 is 6.15 Å². The molecule has 0 saturated carbocycles. The predicted molar refractivity (Wildman–Crippen MR) is 60.6 cm³/mol. The summed E-state index contributed by atoms with van der Waals surface area (Å²) < 4.78 is 26.5. The van der Waals surface area contributed by atoms with Crippen molar-refractivity contribution in [2.24, 2.45) is 0 Å². The Hall–Kier alpha value is -2.21. The largest absolute Gasteiger partial charge is 0.481 e. The third-order valence-corrected chi connectivity index (χ3v) is 3.22. The molecule has 1 atom stereocenters. The van der Waals surface area contributed by atoms with Crippen LogP contribution >= 0.6 is 0 Å². The first-order valence-electron chi connectivity index (χ1n) is 4.68. The molecule has 0 aliphatic heterocycles. The van der Waals surface area contributed by atoms with Crippen molar-refractivity contribution in [3.8, 4) is 0 Å². The minimum Gasteiger partial charge on any atom is -0.481 e. The lowest BCUT2D eigenvalue weighted by atomic mass is 10.3. The number of aliphatic carboxylic acids is 3. The van der Waals surface area contributed by atoms with E-state index in [9.17, 15) is 27.6 Å². The summed E-state index contributed by atoms with van der Waals surface area (Å²) in [5, 5.41) is 22.7. The van der Waals surface area contributed by atoms with Gasteiger partial charge in [-0.3, -0.25) is 19.2 Å². The summed E-state index contributed by atoms with van der Waals surface area (Å²) in [5.74, 6) is -6.56. The average Bonchev–Trinajstić information content (AvgIpc) is 2.21. The first-order valence-corrected chi connectivity index (χ1v) is 6.16. The molecule has 0 aromatic rings. The van der Waals surface area contributed by atoms with Crippen LogP contribution in [0.5, 0.6) is 0 Å². The lowest BCUT2D eigenvalue weighted by Gasteiger charge is -2.10. The maximum atomic E-state index is 11.3. The fourth-order valence-electron chi connectivity index (χ4n) is 0.910. The van der Waals surface area contributed by atoms with Gasteiger partial charge in [0.1, 0.15) is 0 Å². The van der Waals surface area contributed by atoms with Gasteiger partial charge in [0.2, 0.25) is 5.25 Å². The van der Waals surface area contributed by atoms with Crippen LogP contribution in [0.15, 0.2) is 0 Å². The average molecular weight is 315 g/mol. The molecule has 6 N–H and O–H groups in total. The molecule has 1 unspecified atom stereocenters. The highest BCUT2D eigenvalue weighted by molar-refractivity contribution is 7.88. The first-order chi connectivity index (χ1) is 8.56. The van der Waals surface area contributed by atoms with Crippen molar-refractivity contribution in [2.75, 3.05) is 0 Å². The zero-order chi connectivity index (χ0) is 15.2. The highest BCUT2D eigenvalue weighted by Crippen LogP contribution is 2.11. The molecule has 0 amide bonds. The van der Waals surface area contributed by atoms with Crippen LogP contribution in [0.25, 0.3) is 0 Å². The molecule has 0 aliphatic rings. The van der Waals surface area contributed by atoms with Crippen molar-refractivity contribution in [3.63, 3.8) is 0 Å². The lowest BCUT2D eigenvalue weighted by Crippen LogP contribution is -2.35. The summed E-state index contributed by atoms with van der Waals surface area (Å²) in [6.07, 6.45) is -2.77. The van der Waals surface area contributed by atoms with Gasteiger partial charge in [-0.2, -0.15) is 8.42 Å². The smallest absolute Gasteiger partial charge is 0.326 e. The quantitative estimate of drug-likeness (QED) is 0.391. The predicted octanol–water partition coefficient (Wildman–Crippen LogP) is -1.19. The fraction of sp³-hybridized carbons (Fsp3) is 0.500. The van der Waals surface area contributed by atoms with Gasteiger partial charge in [-0.05, 0) is 0 Å². The number of hydrogen-bond donors (Lipinski definition) is 4. The Kier molecular flexibility index (Phi) is 8.11. The Morgan fingerprint density at radius 1 is 0.950 bits per heavy atom. The van der Waals surface area contributed by atoms with Crippen LogP contribution in [0.2, 0.25) is 0 Å². The van der Waals surface area contributed by atoms with Gasteiger partial charge in [0.15, 0.2) is 0 Å². The Morgan fingerprint density at radius 3 is 1.80 bits per heavy atom. The minimum absolute atomic E-state index is 0. The number of carboxylic acid groups (broad SMARTS) is 3. The molecule has 0 bridgehead atoms. The second-order valence-electron chi connectivity index (χ2n) is 3.27. The normalized spacial score (nSPS) is 11.8. The minimum atomic E-state index is -4.99. The van der Waals surface area contributed by atoms with Crippen molar-refractivity contribution in [1.29, 1.82) is 0 Å². The molecule has 0 saturated heterocycles. The van der Waals surface area contributed by atoms with E-state index in [1.54, 1.807) is 0 Å². The van der Waals surface area contributed by atoms with Crippen LogP contribution in [0.4, 0.5) is 0 Å². The van der Waals surface area contributed by atoms with E-state index in [2.05, 4.69) is 4.18 Å². The van der Waals surface area contributed by atoms with Gasteiger partial charge >= 0.3 is 34.0 Å². The zero-order valence-corrected chi connectivity index (χ0v) is 10.8. The monoisotopic (exact) mass is 315 g/mol. The first kappa shape index (κ1) is 20.1. The molecular weight excluding hydrogens is 302 g/mol. The van der Waals surface area contributed by atoms with Crippen molar-refractivity contribution >= 4 is 34.0 Å². The number of carbonyl (C=O) groups excluding carboxylic acids is 1. The molecule has 0 aliphatic carbocycles. The van der Waals surface area contributed by atoms with Gasteiger partial charge in [-0.15, -0.1) is 0 Å². The maximum Gasteiger partial charge on any atom is 0.326 e. The number of carbonyl (C=O) groups is 4. The van der Waals surface area contributed by atoms with Crippen LogP contribution in [0, 0.1) is 0 Å². The number of hydrogen-bond acceptors (Lipinski definition) is 8. The third kappa shape index (κ3) is 7.27. The van der Waals surface area contributed by atoms with E-state index in [4.69, 9.17) is 15.3 Å². The van der Waals surface area contributed by atoms with E-state index in [1.165, 1.54) is 0 Å². The van der Waals surface area contributed by atoms with Crippen LogP contribution in [-0.2, 0) is 33.5 Å². The molecule has 0 spiro atoms. The van der Waals surface area contributed by atoms with Crippen molar-refractivity contribution in [2.45, 2.75) is 24.5 Å². The van der Waals surface area contributed by atoms with E-state index in [1.807, 2.05) is 0 Å². The standard InChI is InChI=1S/C8H10O10S.H3N/c9-5(10)1-2-7(13)18-19(16,17)4(8(14)15)3-6(11)12;/h4H,1-3H2,(H,9,10)(H,11,12)(H,14,15);1H3. The molecule has 0 rings (SSSR count). The summed E-state index contributed by atoms with van der Waals surface area (Å²) in [6.45, 7) is 0. The summed E-state index contributed by atoms with van der Waals surface area (Å²) >= 11 is 0. The molecule has 12 heteroatoms. The van der Waals surface area contributed by atoms with Crippen LogP contribution in [0.3, 0.4) is 0 Å². The molecule has 0 heterocycles. The van der Waals surface area contributed by atoms with E-state index < -0.39 is 58.5 Å². The summed E-state index contributed by atoms with van der Waals surface area (Å²) in [4.78, 5) is 42.0. The molecule has 0 aromatic carbocycles. The molecule has 116 valence electrons. The molecule has 0 radical (unpaired) electrons. The topological polar surface area (TPSA) is 207 Å². The Bertz CT molecular complexity index is 495. The van der Waals surface area contributed by atoms with E-state index in [0.717, 1.165) is 0 Å². The van der Waals surface area contributed by atoms with Crippen molar-refractivity contribution in [3.05, 3.63) is 0 Å². The van der Waals surface area contributed by atoms with Gasteiger partial charge in [0.25, 0.3) is 0 Å². The molecular formula is C8H13NO10S. The van der Waals surface area contributed by atoms with Crippen molar-refractivity contribution in [1.82, 2.24) is 6.15 Å². The maximum absolute atomic E-state index is 11.3. The summed E-state index contributed by atoms with van der Waals surface area (Å²) in [6, 6.07) is 0. The van der Waals surface area contributed by atoms with Crippen LogP contribution in [-0.4, -0.2) is 52.9 Å². The van der Waals surface area contributed by atoms with E-state index in [0.29, 0.717) is 0 Å². The van der Waals surface area contributed by atoms with E-state index >= 15 is 0 Å². The van der Waals surface area contributed by atoms with Crippen molar-refractivity contribution < 1.29 is 47.1 Å². The molecule has 0 fully saturated rings. The van der Waals surface area contributed by atoms with Gasteiger partial charge in [-0.25, -0.2) is 0 Å². The van der Waals surface area contributed by atoms with Gasteiger partial charge in [0, 0.05) is 0 Å².